The van der Waals surface area contributed by atoms with E-state index in [2.05, 4.69) is 17.3 Å². The van der Waals surface area contributed by atoms with Crippen LogP contribution in [0, 0.1) is 5.41 Å². The number of nitrogens with one attached hydrogen (secondary N) is 1. The first-order chi connectivity index (χ1) is 7.97. The van der Waals surface area contributed by atoms with Gasteiger partial charge in [-0.05, 0) is 59.8 Å². The van der Waals surface area contributed by atoms with Crippen molar-refractivity contribution in [3.8, 4) is 0 Å². The molecule has 0 radical (unpaired) electrons. The average Bonchev–Trinajstić information content (AvgIpc) is 2.36. The Morgan fingerprint density at radius 3 is 2.53 bits per heavy atom. The van der Waals surface area contributed by atoms with Crippen LogP contribution >= 0.6 is 0 Å². The Bertz CT molecular complexity index is 248. The number of piperidine rings is 1. The molecule has 4 nitrogen and oxygen atoms in total. The first-order valence-electron chi connectivity index (χ1n) is 6.47. The Labute approximate surface area is 105 Å². The lowest BCUT2D eigenvalue weighted by Gasteiger charge is -2.33. The molecule has 0 aromatic carbocycles. The van der Waals surface area contributed by atoms with E-state index in [0.29, 0.717) is 6.04 Å². The molecule has 0 aromatic rings. The van der Waals surface area contributed by atoms with Crippen LogP contribution in [0.2, 0.25) is 0 Å². The lowest BCUT2D eigenvalue weighted by Crippen LogP contribution is -2.42. The Hall–Kier alpha value is -0.610. The Morgan fingerprint density at radius 2 is 2.00 bits per heavy atom. The van der Waals surface area contributed by atoms with E-state index in [1.807, 2.05) is 13.8 Å². The highest BCUT2D eigenvalue weighted by atomic mass is 16.5. The largest absolute Gasteiger partial charge is 0.469 e. The van der Waals surface area contributed by atoms with E-state index in [1.165, 1.54) is 20.0 Å². The van der Waals surface area contributed by atoms with Gasteiger partial charge in [0.25, 0.3) is 0 Å². The SMILES string of the molecule is COC(=O)C(C)(C)CCN(C)C1CCNCC1. The average molecular weight is 242 g/mol. The highest BCUT2D eigenvalue weighted by Crippen LogP contribution is 2.23. The van der Waals surface area contributed by atoms with Gasteiger partial charge in [0.15, 0.2) is 0 Å². The van der Waals surface area contributed by atoms with Gasteiger partial charge in [0.1, 0.15) is 0 Å². The van der Waals surface area contributed by atoms with E-state index < -0.39 is 0 Å². The molecular formula is C13H26N2O2. The molecular weight excluding hydrogens is 216 g/mol. The van der Waals surface area contributed by atoms with Crippen molar-refractivity contribution < 1.29 is 9.53 Å². The first-order valence-corrected chi connectivity index (χ1v) is 6.47. The minimum atomic E-state index is -0.379. The van der Waals surface area contributed by atoms with Crippen molar-refractivity contribution in [2.24, 2.45) is 5.41 Å². The predicted molar refractivity (Wildman–Crippen MR) is 68.9 cm³/mol. The number of hydrogen-bond acceptors (Lipinski definition) is 4. The summed E-state index contributed by atoms with van der Waals surface area (Å²) in [5, 5.41) is 3.37. The number of carbonyl (C=O) groups is 1. The van der Waals surface area contributed by atoms with Crippen LogP contribution in [0.1, 0.15) is 33.1 Å². The fraction of sp³-hybridized carbons (Fsp3) is 0.923. The zero-order valence-corrected chi connectivity index (χ0v) is 11.6. The molecule has 0 unspecified atom stereocenters. The molecule has 1 aliphatic heterocycles. The van der Waals surface area contributed by atoms with Gasteiger partial charge >= 0.3 is 5.97 Å². The van der Waals surface area contributed by atoms with E-state index >= 15 is 0 Å². The van der Waals surface area contributed by atoms with Crippen molar-refractivity contribution in [2.45, 2.75) is 39.2 Å². The molecule has 1 N–H and O–H groups in total. The third kappa shape index (κ3) is 4.28. The summed E-state index contributed by atoms with van der Waals surface area (Å²) in [6.45, 7) is 7.07. The molecule has 0 spiro atoms. The normalized spacial score (nSPS) is 18.4. The van der Waals surface area contributed by atoms with Crippen molar-refractivity contribution in [3.63, 3.8) is 0 Å². The highest BCUT2D eigenvalue weighted by Gasteiger charge is 2.29. The van der Waals surface area contributed by atoms with Gasteiger partial charge in [-0.3, -0.25) is 4.79 Å². The minimum Gasteiger partial charge on any atom is -0.469 e. The zero-order valence-electron chi connectivity index (χ0n) is 11.6. The lowest BCUT2D eigenvalue weighted by molar-refractivity contribution is -0.151. The highest BCUT2D eigenvalue weighted by molar-refractivity contribution is 5.75. The van der Waals surface area contributed by atoms with Crippen LogP contribution in [0.4, 0.5) is 0 Å². The summed E-state index contributed by atoms with van der Waals surface area (Å²) in [5.74, 6) is -0.115. The Morgan fingerprint density at radius 1 is 1.41 bits per heavy atom. The maximum Gasteiger partial charge on any atom is 0.311 e. The second-order valence-electron chi connectivity index (χ2n) is 5.59. The topological polar surface area (TPSA) is 41.6 Å². The van der Waals surface area contributed by atoms with E-state index in [9.17, 15) is 4.79 Å². The van der Waals surface area contributed by atoms with Gasteiger partial charge in [-0.1, -0.05) is 0 Å². The maximum atomic E-state index is 11.6. The van der Waals surface area contributed by atoms with Gasteiger partial charge in [0, 0.05) is 6.04 Å². The van der Waals surface area contributed by atoms with Gasteiger partial charge in [0.05, 0.1) is 12.5 Å². The Balaban J connectivity index is 2.36. The van der Waals surface area contributed by atoms with Gasteiger partial charge < -0.3 is 15.0 Å². The molecule has 1 fully saturated rings. The number of methoxy groups -OCH3 is 1. The summed E-state index contributed by atoms with van der Waals surface area (Å²) >= 11 is 0. The van der Waals surface area contributed by atoms with Gasteiger partial charge in [-0.15, -0.1) is 0 Å². The third-order valence-electron chi connectivity index (χ3n) is 3.76. The number of hydrogen-bond donors (Lipinski definition) is 1. The Kier molecular flexibility index (Phi) is 5.40. The van der Waals surface area contributed by atoms with E-state index in [4.69, 9.17) is 4.74 Å². The van der Waals surface area contributed by atoms with Crippen LogP contribution in [0.3, 0.4) is 0 Å². The molecule has 0 atom stereocenters. The molecule has 0 aliphatic carbocycles. The van der Waals surface area contributed by atoms with Crippen LogP contribution in [-0.2, 0) is 9.53 Å². The summed E-state index contributed by atoms with van der Waals surface area (Å²) in [5.41, 5.74) is -0.379. The molecule has 100 valence electrons. The summed E-state index contributed by atoms with van der Waals surface area (Å²) < 4.78 is 4.83. The van der Waals surface area contributed by atoms with Crippen molar-refractivity contribution in [1.29, 1.82) is 0 Å². The molecule has 1 heterocycles. The van der Waals surface area contributed by atoms with E-state index in [-0.39, 0.29) is 11.4 Å². The van der Waals surface area contributed by atoms with Crippen LogP contribution in [0.15, 0.2) is 0 Å². The van der Waals surface area contributed by atoms with Crippen LogP contribution < -0.4 is 5.32 Å². The molecule has 0 bridgehead atoms. The number of esters is 1. The van der Waals surface area contributed by atoms with Gasteiger partial charge in [0.2, 0.25) is 0 Å². The fourth-order valence-corrected chi connectivity index (χ4v) is 2.26. The van der Waals surface area contributed by atoms with Gasteiger partial charge in [-0.2, -0.15) is 0 Å². The molecule has 0 aromatic heterocycles. The van der Waals surface area contributed by atoms with Crippen LogP contribution in [0.5, 0.6) is 0 Å². The number of nitrogens with zero attached hydrogens (tertiary/aromatic N) is 1. The molecule has 0 saturated carbocycles. The molecule has 1 saturated heterocycles. The molecule has 0 amide bonds. The summed E-state index contributed by atoms with van der Waals surface area (Å²) in [4.78, 5) is 14.0. The molecule has 4 heteroatoms. The van der Waals surface area contributed by atoms with E-state index in [0.717, 1.165) is 26.1 Å². The van der Waals surface area contributed by atoms with Crippen LogP contribution in [-0.4, -0.2) is 50.7 Å². The van der Waals surface area contributed by atoms with Crippen LogP contribution in [0.25, 0.3) is 0 Å². The molecule has 17 heavy (non-hydrogen) atoms. The third-order valence-corrected chi connectivity index (χ3v) is 3.76. The first kappa shape index (κ1) is 14.5. The fourth-order valence-electron chi connectivity index (χ4n) is 2.26. The second kappa shape index (κ2) is 6.36. The predicted octanol–water partition coefficient (Wildman–Crippen LogP) is 1.26. The summed E-state index contributed by atoms with van der Waals surface area (Å²) in [6.07, 6.45) is 3.25. The zero-order chi connectivity index (χ0) is 12.9. The lowest BCUT2D eigenvalue weighted by atomic mass is 9.89. The number of ether oxygens (including phenoxy) is 1. The van der Waals surface area contributed by atoms with Crippen molar-refractivity contribution >= 4 is 5.97 Å². The second-order valence-corrected chi connectivity index (χ2v) is 5.59. The van der Waals surface area contributed by atoms with Crippen molar-refractivity contribution in [1.82, 2.24) is 10.2 Å². The van der Waals surface area contributed by atoms with Crippen molar-refractivity contribution in [2.75, 3.05) is 33.8 Å². The standard InChI is InChI=1S/C13H26N2O2/c1-13(2,12(16)17-4)7-10-15(3)11-5-8-14-9-6-11/h11,14H,5-10H2,1-4H3. The summed E-state index contributed by atoms with van der Waals surface area (Å²) in [7, 11) is 3.62. The van der Waals surface area contributed by atoms with Gasteiger partial charge in [-0.25, -0.2) is 0 Å². The molecule has 1 rings (SSSR count). The minimum absolute atomic E-state index is 0.115. The number of carbonyl (C=O) groups excluding carboxylic acids is 1. The quantitative estimate of drug-likeness (QED) is 0.737. The smallest absolute Gasteiger partial charge is 0.311 e. The molecule has 1 aliphatic rings. The number of rotatable bonds is 5. The monoisotopic (exact) mass is 242 g/mol. The van der Waals surface area contributed by atoms with Crippen molar-refractivity contribution in [3.05, 3.63) is 0 Å². The van der Waals surface area contributed by atoms with E-state index in [1.54, 1.807) is 0 Å². The maximum absolute atomic E-state index is 11.6. The summed E-state index contributed by atoms with van der Waals surface area (Å²) in [6, 6.07) is 0.657.